The molecule has 0 aliphatic carbocycles. The van der Waals surface area contributed by atoms with Gasteiger partial charge in [0.2, 0.25) is 0 Å². The van der Waals surface area contributed by atoms with Crippen LogP contribution in [0.2, 0.25) is 0 Å². The van der Waals surface area contributed by atoms with Crippen molar-refractivity contribution in [2.24, 2.45) is 5.92 Å². The van der Waals surface area contributed by atoms with Gasteiger partial charge in [-0.1, -0.05) is 19.8 Å². The van der Waals surface area contributed by atoms with Crippen molar-refractivity contribution in [1.82, 2.24) is 5.32 Å². The van der Waals surface area contributed by atoms with Crippen molar-refractivity contribution in [1.29, 1.82) is 0 Å². The predicted octanol–water partition coefficient (Wildman–Crippen LogP) is 2.19. The summed E-state index contributed by atoms with van der Waals surface area (Å²) in [7, 11) is 0. The van der Waals surface area contributed by atoms with Gasteiger partial charge in [0.15, 0.2) is 0 Å². The van der Waals surface area contributed by atoms with E-state index in [9.17, 15) is 0 Å². The third-order valence-corrected chi connectivity index (χ3v) is 2.64. The van der Waals surface area contributed by atoms with Gasteiger partial charge < -0.3 is 10.1 Å². The fourth-order valence-corrected chi connectivity index (χ4v) is 1.77. The molecule has 0 bridgehead atoms. The summed E-state index contributed by atoms with van der Waals surface area (Å²) < 4.78 is 5.64. The molecule has 1 heterocycles. The van der Waals surface area contributed by atoms with Crippen molar-refractivity contribution in [3.8, 4) is 0 Å². The summed E-state index contributed by atoms with van der Waals surface area (Å²) in [5, 5.41) is 3.41. The van der Waals surface area contributed by atoms with Gasteiger partial charge in [-0.15, -0.1) is 0 Å². The second-order valence-corrected chi connectivity index (χ2v) is 3.99. The van der Waals surface area contributed by atoms with Crippen LogP contribution in [-0.4, -0.2) is 26.3 Å². The summed E-state index contributed by atoms with van der Waals surface area (Å²) in [6, 6.07) is 0. The van der Waals surface area contributed by atoms with E-state index in [2.05, 4.69) is 12.2 Å². The number of rotatable bonds is 6. The minimum atomic E-state index is 0.773. The number of ether oxygens (including phenoxy) is 1. The summed E-state index contributed by atoms with van der Waals surface area (Å²) in [6.07, 6.45) is 6.50. The van der Waals surface area contributed by atoms with E-state index in [1.165, 1.54) is 38.6 Å². The number of nitrogens with one attached hydrogen (secondary N) is 1. The molecule has 1 N–H and O–H groups in total. The Balaban J connectivity index is 1.86. The van der Waals surface area contributed by atoms with E-state index in [1.54, 1.807) is 0 Å². The van der Waals surface area contributed by atoms with Gasteiger partial charge in [-0.2, -0.15) is 0 Å². The van der Waals surface area contributed by atoms with Crippen molar-refractivity contribution in [3.63, 3.8) is 0 Å². The normalized spacial score (nSPS) is 23.3. The van der Waals surface area contributed by atoms with Crippen LogP contribution in [0.1, 0.15) is 39.0 Å². The Labute approximate surface area is 82.0 Å². The van der Waals surface area contributed by atoms with Crippen molar-refractivity contribution in [3.05, 3.63) is 0 Å². The maximum Gasteiger partial charge on any atom is 0.0506 e. The summed E-state index contributed by atoms with van der Waals surface area (Å²) in [5.74, 6) is 0.773. The van der Waals surface area contributed by atoms with E-state index in [4.69, 9.17) is 4.74 Å². The van der Waals surface area contributed by atoms with Crippen LogP contribution in [0.15, 0.2) is 0 Å². The Hall–Kier alpha value is -0.0800. The van der Waals surface area contributed by atoms with Crippen LogP contribution in [0, 0.1) is 5.92 Å². The SMILES string of the molecule is CCCCCOCC1CCCNC1. The van der Waals surface area contributed by atoms with E-state index in [-0.39, 0.29) is 0 Å². The highest BCUT2D eigenvalue weighted by Gasteiger charge is 2.12. The fourth-order valence-electron chi connectivity index (χ4n) is 1.77. The minimum absolute atomic E-state index is 0.773. The van der Waals surface area contributed by atoms with E-state index in [0.29, 0.717) is 0 Å². The highest BCUT2D eigenvalue weighted by molar-refractivity contribution is 4.67. The van der Waals surface area contributed by atoms with Gasteiger partial charge in [0.25, 0.3) is 0 Å². The molecule has 2 nitrogen and oxygen atoms in total. The van der Waals surface area contributed by atoms with Crippen LogP contribution >= 0.6 is 0 Å². The first kappa shape index (κ1) is 11.0. The lowest BCUT2D eigenvalue weighted by Gasteiger charge is -2.22. The van der Waals surface area contributed by atoms with Crippen molar-refractivity contribution >= 4 is 0 Å². The minimum Gasteiger partial charge on any atom is -0.381 e. The van der Waals surface area contributed by atoms with E-state index < -0.39 is 0 Å². The van der Waals surface area contributed by atoms with Gasteiger partial charge in [-0.05, 0) is 31.7 Å². The number of unbranched alkanes of at least 4 members (excludes halogenated alkanes) is 2. The first-order chi connectivity index (χ1) is 6.43. The third kappa shape index (κ3) is 5.27. The molecule has 0 spiro atoms. The number of hydrogen-bond donors (Lipinski definition) is 1. The summed E-state index contributed by atoms with van der Waals surface area (Å²) in [6.45, 7) is 6.52. The van der Waals surface area contributed by atoms with Crippen LogP contribution in [0.3, 0.4) is 0 Å². The largest absolute Gasteiger partial charge is 0.381 e. The smallest absolute Gasteiger partial charge is 0.0506 e. The topological polar surface area (TPSA) is 21.3 Å². The lowest BCUT2D eigenvalue weighted by molar-refractivity contribution is 0.0871. The Morgan fingerprint density at radius 2 is 2.31 bits per heavy atom. The standard InChI is InChI=1S/C11H23NO/c1-2-3-4-8-13-10-11-6-5-7-12-9-11/h11-12H,2-10H2,1H3. The van der Waals surface area contributed by atoms with Crippen LogP contribution < -0.4 is 5.32 Å². The maximum absolute atomic E-state index is 5.64. The average molecular weight is 185 g/mol. The summed E-state index contributed by atoms with van der Waals surface area (Å²) >= 11 is 0. The molecule has 0 amide bonds. The Morgan fingerprint density at radius 3 is 3.00 bits per heavy atom. The predicted molar refractivity (Wildman–Crippen MR) is 55.9 cm³/mol. The second-order valence-electron chi connectivity index (χ2n) is 3.99. The van der Waals surface area contributed by atoms with Crippen molar-refractivity contribution in [2.45, 2.75) is 39.0 Å². The first-order valence-corrected chi connectivity index (χ1v) is 5.72. The number of hydrogen-bond acceptors (Lipinski definition) is 2. The van der Waals surface area contributed by atoms with Gasteiger partial charge in [0.05, 0.1) is 6.61 Å². The molecule has 1 rings (SSSR count). The molecule has 0 aromatic heterocycles. The van der Waals surface area contributed by atoms with Crippen molar-refractivity contribution in [2.75, 3.05) is 26.3 Å². The summed E-state index contributed by atoms with van der Waals surface area (Å²) in [5.41, 5.74) is 0. The highest BCUT2D eigenvalue weighted by Crippen LogP contribution is 2.10. The quantitative estimate of drug-likeness (QED) is 0.640. The zero-order chi connectivity index (χ0) is 9.36. The molecule has 0 aromatic rings. The molecule has 78 valence electrons. The van der Waals surface area contributed by atoms with Gasteiger partial charge in [-0.3, -0.25) is 0 Å². The van der Waals surface area contributed by atoms with Gasteiger partial charge in [0.1, 0.15) is 0 Å². The fraction of sp³-hybridized carbons (Fsp3) is 1.00. The van der Waals surface area contributed by atoms with E-state index >= 15 is 0 Å². The molecule has 1 fully saturated rings. The average Bonchev–Trinajstić information content (AvgIpc) is 2.19. The first-order valence-electron chi connectivity index (χ1n) is 5.72. The maximum atomic E-state index is 5.64. The zero-order valence-electron chi connectivity index (χ0n) is 8.85. The molecule has 1 atom stereocenters. The molecular weight excluding hydrogens is 162 g/mol. The Bertz CT molecular complexity index is 111. The molecule has 13 heavy (non-hydrogen) atoms. The van der Waals surface area contributed by atoms with Crippen LogP contribution in [-0.2, 0) is 4.74 Å². The zero-order valence-corrected chi connectivity index (χ0v) is 8.85. The molecule has 0 radical (unpaired) electrons. The van der Waals surface area contributed by atoms with Gasteiger partial charge >= 0.3 is 0 Å². The molecule has 1 aliphatic heterocycles. The monoisotopic (exact) mass is 185 g/mol. The Morgan fingerprint density at radius 1 is 1.38 bits per heavy atom. The molecule has 0 aromatic carbocycles. The van der Waals surface area contributed by atoms with Crippen LogP contribution in [0.25, 0.3) is 0 Å². The van der Waals surface area contributed by atoms with Crippen LogP contribution in [0.5, 0.6) is 0 Å². The molecule has 0 saturated carbocycles. The molecular formula is C11H23NO. The number of piperidine rings is 1. The third-order valence-electron chi connectivity index (χ3n) is 2.64. The summed E-state index contributed by atoms with van der Waals surface area (Å²) in [4.78, 5) is 0. The molecule has 1 saturated heterocycles. The van der Waals surface area contributed by atoms with Gasteiger partial charge in [0, 0.05) is 13.2 Å². The molecule has 1 aliphatic rings. The van der Waals surface area contributed by atoms with Crippen LogP contribution in [0.4, 0.5) is 0 Å². The lowest BCUT2D eigenvalue weighted by Crippen LogP contribution is -2.32. The highest BCUT2D eigenvalue weighted by atomic mass is 16.5. The second kappa shape index (κ2) is 7.34. The van der Waals surface area contributed by atoms with Crippen molar-refractivity contribution < 1.29 is 4.74 Å². The lowest BCUT2D eigenvalue weighted by atomic mass is 10.0. The van der Waals surface area contributed by atoms with E-state index in [0.717, 1.165) is 25.7 Å². The Kier molecular flexibility index (Phi) is 6.21. The molecule has 1 unspecified atom stereocenters. The van der Waals surface area contributed by atoms with E-state index in [1.807, 2.05) is 0 Å². The molecule has 2 heteroatoms. The van der Waals surface area contributed by atoms with Gasteiger partial charge in [-0.25, -0.2) is 0 Å².